The van der Waals surface area contributed by atoms with Crippen molar-refractivity contribution in [1.82, 2.24) is 10.2 Å². The van der Waals surface area contributed by atoms with Crippen molar-refractivity contribution in [3.8, 4) is 11.3 Å². The van der Waals surface area contributed by atoms with E-state index in [1.807, 2.05) is 31.2 Å². The molecule has 0 saturated heterocycles. The summed E-state index contributed by atoms with van der Waals surface area (Å²) in [5.74, 6) is -0.791. The second-order valence-corrected chi connectivity index (χ2v) is 4.03. The number of aromatic amines is 1. The lowest BCUT2D eigenvalue weighted by Gasteiger charge is -2.02. The van der Waals surface area contributed by atoms with Crippen LogP contribution in [-0.2, 0) is 11.2 Å². The third kappa shape index (κ3) is 2.72. The summed E-state index contributed by atoms with van der Waals surface area (Å²) in [5.41, 5.74) is 4.08. The highest BCUT2D eigenvalue weighted by molar-refractivity contribution is 5.68. The number of H-pyrrole nitrogens is 1. The van der Waals surface area contributed by atoms with Crippen LogP contribution in [0.5, 0.6) is 0 Å². The maximum absolute atomic E-state index is 10.6. The summed E-state index contributed by atoms with van der Waals surface area (Å²) in [6.45, 7) is 2.03. The zero-order valence-corrected chi connectivity index (χ0v) is 9.60. The van der Waals surface area contributed by atoms with Crippen LogP contribution in [0.15, 0.2) is 30.5 Å². The van der Waals surface area contributed by atoms with Crippen molar-refractivity contribution in [3.05, 3.63) is 41.6 Å². The van der Waals surface area contributed by atoms with Crippen molar-refractivity contribution in [3.63, 3.8) is 0 Å². The first-order valence-corrected chi connectivity index (χ1v) is 5.48. The molecule has 0 saturated carbocycles. The molecular weight excluding hydrogens is 216 g/mol. The molecule has 0 aliphatic heterocycles. The van der Waals surface area contributed by atoms with Crippen molar-refractivity contribution in [2.45, 2.75) is 19.8 Å². The molecule has 2 rings (SSSR count). The average Bonchev–Trinajstić information content (AvgIpc) is 2.75. The van der Waals surface area contributed by atoms with Crippen LogP contribution in [0.25, 0.3) is 11.3 Å². The number of nitrogens with one attached hydrogen (secondary N) is 1. The number of hydrogen-bond acceptors (Lipinski definition) is 2. The molecule has 1 aromatic carbocycles. The minimum Gasteiger partial charge on any atom is -0.481 e. The highest BCUT2D eigenvalue weighted by Gasteiger charge is 2.08. The smallest absolute Gasteiger partial charge is 0.303 e. The predicted octanol–water partition coefficient (Wildman–Crippen LogP) is 2.40. The number of carboxylic acid groups (broad SMARTS) is 1. The normalized spacial score (nSPS) is 10.4. The first-order valence-electron chi connectivity index (χ1n) is 5.48. The fourth-order valence-corrected chi connectivity index (χ4v) is 1.71. The van der Waals surface area contributed by atoms with Gasteiger partial charge in [-0.1, -0.05) is 29.8 Å². The molecule has 0 radical (unpaired) electrons. The van der Waals surface area contributed by atoms with E-state index in [-0.39, 0.29) is 6.42 Å². The van der Waals surface area contributed by atoms with Gasteiger partial charge in [-0.25, -0.2) is 0 Å². The highest BCUT2D eigenvalue weighted by Crippen LogP contribution is 2.22. The Morgan fingerprint density at radius 2 is 2.06 bits per heavy atom. The van der Waals surface area contributed by atoms with E-state index in [2.05, 4.69) is 10.2 Å². The van der Waals surface area contributed by atoms with Crippen LogP contribution in [0.4, 0.5) is 0 Å². The van der Waals surface area contributed by atoms with E-state index < -0.39 is 5.97 Å². The van der Waals surface area contributed by atoms with Gasteiger partial charge < -0.3 is 5.11 Å². The van der Waals surface area contributed by atoms with E-state index in [1.165, 1.54) is 5.56 Å². The Hall–Kier alpha value is -2.10. The molecule has 2 N–H and O–H groups in total. The summed E-state index contributed by atoms with van der Waals surface area (Å²) >= 11 is 0. The summed E-state index contributed by atoms with van der Waals surface area (Å²) in [6, 6.07) is 8.06. The van der Waals surface area contributed by atoms with Crippen molar-refractivity contribution in [2.24, 2.45) is 0 Å². The van der Waals surface area contributed by atoms with E-state index in [1.54, 1.807) is 6.20 Å². The van der Waals surface area contributed by atoms with Crippen LogP contribution in [-0.4, -0.2) is 21.3 Å². The number of rotatable bonds is 4. The molecule has 1 aromatic heterocycles. The SMILES string of the molecule is Cc1ccc(-c2[nH]ncc2CCC(=O)O)cc1. The number of aryl methyl sites for hydroxylation is 2. The Labute approximate surface area is 99.3 Å². The molecule has 1 heterocycles. The largest absolute Gasteiger partial charge is 0.481 e. The first-order chi connectivity index (χ1) is 8.16. The lowest BCUT2D eigenvalue weighted by molar-refractivity contribution is -0.136. The standard InChI is InChI=1S/C13H14N2O2/c1-9-2-4-10(5-3-9)13-11(8-14-15-13)6-7-12(16)17/h2-5,8H,6-7H2,1H3,(H,14,15)(H,16,17). The molecule has 0 spiro atoms. The number of hydrogen-bond donors (Lipinski definition) is 2. The molecule has 0 unspecified atom stereocenters. The van der Waals surface area contributed by atoms with E-state index in [0.29, 0.717) is 6.42 Å². The molecule has 17 heavy (non-hydrogen) atoms. The molecule has 2 aromatic rings. The minimum absolute atomic E-state index is 0.123. The van der Waals surface area contributed by atoms with Gasteiger partial charge in [0, 0.05) is 6.42 Å². The Morgan fingerprint density at radius 1 is 1.35 bits per heavy atom. The summed E-state index contributed by atoms with van der Waals surface area (Å²) in [6.07, 6.45) is 2.31. The molecular formula is C13H14N2O2. The van der Waals surface area contributed by atoms with Crippen LogP contribution >= 0.6 is 0 Å². The fourth-order valence-electron chi connectivity index (χ4n) is 1.71. The van der Waals surface area contributed by atoms with Gasteiger partial charge >= 0.3 is 5.97 Å². The number of carbonyl (C=O) groups is 1. The van der Waals surface area contributed by atoms with Crippen LogP contribution in [0, 0.1) is 6.92 Å². The summed E-state index contributed by atoms with van der Waals surface area (Å²) in [5, 5.41) is 15.6. The maximum Gasteiger partial charge on any atom is 0.303 e. The van der Waals surface area contributed by atoms with Gasteiger partial charge in [-0.2, -0.15) is 5.10 Å². The van der Waals surface area contributed by atoms with E-state index >= 15 is 0 Å². The number of aliphatic carboxylic acids is 1. The van der Waals surface area contributed by atoms with Gasteiger partial charge in [0.1, 0.15) is 0 Å². The third-order valence-corrected chi connectivity index (χ3v) is 2.67. The van der Waals surface area contributed by atoms with Gasteiger partial charge in [-0.3, -0.25) is 9.89 Å². The lowest BCUT2D eigenvalue weighted by atomic mass is 10.0. The average molecular weight is 230 g/mol. The molecule has 4 heteroatoms. The van der Waals surface area contributed by atoms with Crippen LogP contribution in [0.2, 0.25) is 0 Å². The molecule has 0 atom stereocenters. The van der Waals surface area contributed by atoms with Crippen molar-refractivity contribution >= 4 is 5.97 Å². The minimum atomic E-state index is -0.791. The molecule has 0 bridgehead atoms. The van der Waals surface area contributed by atoms with E-state index in [9.17, 15) is 4.79 Å². The summed E-state index contributed by atoms with van der Waals surface area (Å²) in [4.78, 5) is 10.6. The quantitative estimate of drug-likeness (QED) is 0.847. The summed E-state index contributed by atoms with van der Waals surface area (Å²) < 4.78 is 0. The number of benzene rings is 1. The number of carboxylic acids is 1. The van der Waals surface area contributed by atoms with Gasteiger partial charge in [-0.05, 0) is 24.5 Å². The summed E-state index contributed by atoms with van der Waals surface area (Å²) in [7, 11) is 0. The second kappa shape index (κ2) is 4.82. The van der Waals surface area contributed by atoms with Crippen molar-refractivity contribution in [1.29, 1.82) is 0 Å². The second-order valence-electron chi connectivity index (χ2n) is 4.03. The van der Waals surface area contributed by atoms with Crippen molar-refractivity contribution in [2.75, 3.05) is 0 Å². The topological polar surface area (TPSA) is 66.0 Å². The lowest BCUT2D eigenvalue weighted by Crippen LogP contribution is -1.97. The molecule has 88 valence electrons. The van der Waals surface area contributed by atoms with Crippen LogP contribution < -0.4 is 0 Å². The van der Waals surface area contributed by atoms with Gasteiger partial charge in [0.2, 0.25) is 0 Å². The fraction of sp³-hybridized carbons (Fsp3) is 0.231. The molecule has 0 fully saturated rings. The zero-order chi connectivity index (χ0) is 12.3. The molecule has 0 aliphatic carbocycles. The maximum atomic E-state index is 10.6. The zero-order valence-electron chi connectivity index (χ0n) is 9.60. The van der Waals surface area contributed by atoms with Crippen LogP contribution in [0.1, 0.15) is 17.5 Å². The van der Waals surface area contributed by atoms with Gasteiger partial charge in [0.05, 0.1) is 11.9 Å². The Balaban J connectivity index is 2.24. The number of nitrogens with zero attached hydrogens (tertiary/aromatic N) is 1. The van der Waals surface area contributed by atoms with Crippen molar-refractivity contribution < 1.29 is 9.90 Å². The Bertz CT molecular complexity index is 514. The Kier molecular flexibility index (Phi) is 3.23. The first kappa shape index (κ1) is 11.4. The van der Waals surface area contributed by atoms with Crippen LogP contribution in [0.3, 0.4) is 0 Å². The third-order valence-electron chi connectivity index (χ3n) is 2.67. The number of aromatic nitrogens is 2. The van der Waals surface area contributed by atoms with E-state index in [4.69, 9.17) is 5.11 Å². The molecule has 0 aliphatic rings. The van der Waals surface area contributed by atoms with E-state index in [0.717, 1.165) is 16.8 Å². The molecule has 4 nitrogen and oxygen atoms in total. The van der Waals surface area contributed by atoms with Gasteiger partial charge in [-0.15, -0.1) is 0 Å². The molecule has 0 amide bonds. The highest BCUT2D eigenvalue weighted by atomic mass is 16.4. The van der Waals surface area contributed by atoms with Gasteiger partial charge in [0.25, 0.3) is 0 Å². The Morgan fingerprint density at radius 3 is 2.71 bits per heavy atom. The predicted molar refractivity (Wildman–Crippen MR) is 64.7 cm³/mol. The van der Waals surface area contributed by atoms with Gasteiger partial charge in [0.15, 0.2) is 0 Å². The monoisotopic (exact) mass is 230 g/mol.